The Morgan fingerprint density at radius 2 is 1.69 bits per heavy atom. The minimum atomic E-state index is -0.196. The van der Waals surface area contributed by atoms with E-state index < -0.39 is 0 Å². The van der Waals surface area contributed by atoms with E-state index in [2.05, 4.69) is 27.9 Å². The quantitative estimate of drug-likeness (QED) is 0.839. The molecule has 2 rings (SSSR count). The van der Waals surface area contributed by atoms with Gasteiger partial charge in [-0.1, -0.05) is 24.3 Å². The molecule has 16 heavy (non-hydrogen) atoms. The molecule has 0 radical (unpaired) electrons. The van der Waals surface area contributed by atoms with Crippen molar-refractivity contribution < 1.29 is 4.39 Å². The van der Waals surface area contributed by atoms with Crippen molar-refractivity contribution in [3.63, 3.8) is 0 Å². The lowest BCUT2D eigenvalue weighted by Gasteiger charge is -2.08. The predicted molar refractivity (Wildman–Crippen MR) is 72.9 cm³/mol. The van der Waals surface area contributed by atoms with Crippen molar-refractivity contribution in [3.05, 3.63) is 63.5 Å². The summed E-state index contributed by atoms with van der Waals surface area (Å²) in [6.07, 6.45) is 0. The minimum absolute atomic E-state index is 0.196. The van der Waals surface area contributed by atoms with Crippen LogP contribution in [0.4, 0.5) is 10.1 Å². The second-order valence-electron chi connectivity index (χ2n) is 3.46. The topological polar surface area (TPSA) is 12.0 Å². The fourth-order valence-electron chi connectivity index (χ4n) is 1.40. The van der Waals surface area contributed by atoms with Crippen LogP contribution in [0.2, 0.25) is 0 Å². The molecule has 0 atom stereocenters. The fourth-order valence-corrected chi connectivity index (χ4v) is 1.98. The maximum atomic E-state index is 12.7. The van der Waals surface area contributed by atoms with E-state index in [0.717, 1.165) is 11.3 Å². The number of nitrogens with one attached hydrogen (secondary N) is 1. The van der Waals surface area contributed by atoms with E-state index in [9.17, 15) is 4.39 Å². The van der Waals surface area contributed by atoms with Crippen LogP contribution in [0.5, 0.6) is 0 Å². The van der Waals surface area contributed by atoms with Crippen molar-refractivity contribution >= 4 is 28.3 Å². The van der Waals surface area contributed by atoms with Crippen LogP contribution in [-0.2, 0) is 6.54 Å². The van der Waals surface area contributed by atoms with Gasteiger partial charge in [-0.3, -0.25) is 0 Å². The third-order valence-corrected chi connectivity index (χ3v) is 3.21. The molecule has 0 aromatic heterocycles. The SMILES string of the molecule is Fc1ccc(CNc2ccccc2I)cc1. The number of halogens is 2. The zero-order valence-electron chi connectivity index (χ0n) is 8.58. The molecule has 0 saturated carbocycles. The van der Waals surface area contributed by atoms with E-state index in [1.807, 2.05) is 24.3 Å². The van der Waals surface area contributed by atoms with Gasteiger partial charge in [-0.25, -0.2) is 4.39 Å². The van der Waals surface area contributed by atoms with Gasteiger partial charge < -0.3 is 5.32 Å². The highest BCUT2D eigenvalue weighted by atomic mass is 127. The lowest BCUT2D eigenvalue weighted by molar-refractivity contribution is 0.627. The molecule has 0 saturated heterocycles. The van der Waals surface area contributed by atoms with Gasteiger partial charge in [-0.2, -0.15) is 0 Å². The molecule has 0 amide bonds. The van der Waals surface area contributed by atoms with E-state index in [1.54, 1.807) is 12.1 Å². The van der Waals surface area contributed by atoms with Crippen LogP contribution in [0.15, 0.2) is 48.5 Å². The average Bonchev–Trinajstić information content (AvgIpc) is 2.30. The highest BCUT2D eigenvalue weighted by Crippen LogP contribution is 2.17. The molecule has 1 nitrogen and oxygen atoms in total. The molecule has 0 bridgehead atoms. The van der Waals surface area contributed by atoms with Crippen LogP contribution in [-0.4, -0.2) is 0 Å². The van der Waals surface area contributed by atoms with Gasteiger partial charge in [0, 0.05) is 15.8 Å². The van der Waals surface area contributed by atoms with Gasteiger partial charge in [0.05, 0.1) is 0 Å². The van der Waals surface area contributed by atoms with Crippen LogP contribution in [0.1, 0.15) is 5.56 Å². The van der Waals surface area contributed by atoms with E-state index >= 15 is 0 Å². The summed E-state index contributed by atoms with van der Waals surface area (Å²) < 4.78 is 13.9. The van der Waals surface area contributed by atoms with E-state index in [1.165, 1.54) is 15.7 Å². The second kappa shape index (κ2) is 5.30. The summed E-state index contributed by atoms with van der Waals surface area (Å²) in [6, 6.07) is 14.6. The van der Waals surface area contributed by atoms with Crippen molar-refractivity contribution in [1.82, 2.24) is 0 Å². The molecule has 1 N–H and O–H groups in total. The Kier molecular flexibility index (Phi) is 3.77. The molecule has 0 unspecified atom stereocenters. The van der Waals surface area contributed by atoms with Gasteiger partial charge in [0.25, 0.3) is 0 Å². The number of hydrogen-bond donors (Lipinski definition) is 1. The second-order valence-corrected chi connectivity index (χ2v) is 4.62. The number of benzene rings is 2. The zero-order valence-corrected chi connectivity index (χ0v) is 10.7. The van der Waals surface area contributed by atoms with E-state index in [4.69, 9.17) is 0 Å². The smallest absolute Gasteiger partial charge is 0.123 e. The third-order valence-electron chi connectivity index (χ3n) is 2.27. The summed E-state index contributed by atoms with van der Waals surface area (Å²) >= 11 is 2.29. The number of rotatable bonds is 3. The Labute approximate surface area is 108 Å². The van der Waals surface area contributed by atoms with Crippen LogP contribution in [0.3, 0.4) is 0 Å². The molecule has 0 aliphatic heterocycles. The first-order valence-corrected chi connectivity index (χ1v) is 6.06. The Morgan fingerprint density at radius 1 is 1.00 bits per heavy atom. The molecular weight excluding hydrogens is 316 g/mol. The lowest BCUT2D eigenvalue weighted by atomic mass is 10.2. The summed E-state index contributed by atoms with van der Waals surface area (Å²) in [7, 11) is 0. The molecule has 0 fully saturated rings. The largest absolute Gasteiger partial charge is 0.380 e. The normalized spacial score (nSPS) is 10.1. The summed E-state index contributed by atoms with van der Waals surface area (Å²) in [5.74, 6) is -0.196. The molecule has 0 aliphatic rings. The first-order chi connectivity index (χ1) is 7.75. The maximum absolute atomic E-state index is 12.7. The molecular formula is C13H11FIN. The van der Waals surface area contributed by atoms with Crippen LogP contribution in [0.25, 0.3) is 0 Å². The summed E-state index contributed by atoms with van der Waals surface area (Å²) in [4.78, 5) is 0. The number of hydrogen-bond acceptors (Lipinski definition) is 1. The molecule has 0 aliphatic carbocycles. The summed E-state index contributed by atoms with van der Waals surface area (Å²) in [6.45, 7) is 0.709. The van der Waals surface area contributed by atoms with E-state index in [-0.39, 0.29) is 5.82 Å². The number of para-hydroxylation sites is 1. The zero-order chi connectivity index (χ0) is 11.4. The van der Waals surface area contributed by atoms with Crippen LogP contribution in [0, 0.1) is 9.39 Å². The molecule has 0 heterocycles. The first-order valence-electron chi connectivity index (χ1n) is 4.98. The van der Waals surface area contributed by atoms with Gasteiger partial charge >= 0.3 is 0 Å². The monoisotopic (exact) mass is 327 g/mol. The average molecular weight is 327 g/mol. The molecule has 3 heteroatoms. The van der Waals surface area contributed by atoms with Gasteiger partial charge in [-0.05, 0) is 52.4 Å². The Bertz CT molecular complexity index is 468. The third kappa shape index (κ3) is 2.95. The summed E-state index contributed by atoms with van der Waals surface area (Å²) in [5, 5.41) is 3.32. The van der Waals surface area contributed by atoms with Crippen molar-refractivity contribution in [1.29, 1.82) is 0 Å². The van der Waals surface area contributed by atoms with Crippen LogP contribution >= 0.6 is 22.6 Å². The van der Waals surface area contributed by atoms with Crippen LogP contribution < -0.4 is 5.32 Å². The molecule has 2 aromatic rings. The van der Waals surface area contributed by atoms with E-state index in [0.29, 0.717) is 6.54 Å². The van der Waals surface area contributed by atoms with Crippen molar-refractivity contribution in [3.8, 4) is 0 Å². The lowest BCUT2D eigenvalue weighted by Crippen LogP contribution is -2.00. The van der Waals surface area contributed by atoms with Gasteiger partial charge in [0.1, 0.15) is 5.82 Å². The number of anilines is 1. The standard InChI is InChI=1S/C13H11FIN/c14-11-7-5-10(6-8-11)9-16-13-4-2-1-3-12(13)15/h1-8,16H,9H2. The molecule has 0 spiro atoms. The minimum Gasteiger partial charge on any atom is -0.380 e. The van der Waals surface area contributed by atoms with Gasteiger partial charge in [0.2, 0.25) is 0 Å². The van der Waals surface area contributed by atoms with Crippen molar-refractivity contribution in [2.75, 3.05) is 5.32 Å². The Morgan fingerprint density at radius 3 is 2.38 bits per heavy atom. The Balaban J connectivity index is 2.02. The predicted octanol–water partition coefficient (Wildman–Crippen LogP) is 4.04. The fraction of sp³-hybridized carbons (Fsp3) is 0.0769. The van der Waals surface area contributed by atoms with Gasteiger partial charge in [0.15, 0.2) is 0 Å². The maximum Gasteiger partial charge on any atom is 0.123 e. The Hall–Kier alpha value is -1.10. The highest BCUT2D eigenvalue weighted by Gasteiger charge is 1.98. The molecule has 82 valence electrons. The van der Waals surface area contributed by atoms with Crippen molar-refractivity contribution in [2.24, 2.45) is 0 Å². The van der Waals surface area contributed by atoms with Crippen molar-refractivity contribution in [2.45, 2.75) is 6.54 Å². The first kappa shape index (κ1) is 11.4. The summed E-state index contributed by atoms with van der Waals surface area (Å²) in [5.41, 5.74) is 2.17. The van der Waals surface area contributed by atoms with Gasteiger partial charge in [-0.15, -0.1) is 0 Å². The highest BCUT2D eigenvalue weighted by molar-refractivity contribution is 14.1. The molecule has 2 aromatic carbocycles.